The van der Waals surface area contributed by atoms with Crippen LogP contribution < -0.4 is 5.56 Å². The molecule has 3 aromatic rings. The molecule has 0 bridgehead atoms. The van der Waals surface area contributed by atoms with Crippen LogP contribution in [0.2, 0.25) is 0 Å². The average molecular weight is 325 g/mol. The molecule has 4 heterocycles. The fraction of sp³-hybridized carbons (Fsp3) is 0.412. The largest absolute Gasteiger partial charge is 0.340 e. The van der Waals surface area contributed by atoms with E-state index in [0.717, 1.165) is 36.5 Å². The van der Waals surface area contributed by atoms with Gasteiger partial charge in [0, 0.05) is 25.7 Å². The number of fused-ring (bicyclic) bond motifs is 1. The molecule has 1 atom stereocenters. The highest BCUT2D eigenvalue weighted by Gasteiger charge is 2.30. The summed E-state index contributed by atoms with van der Waals surface area (Å²) in [7, 11) is 0. The quantitative estimate of drug-likeness (QED) is 0.733. The second kappa shape index (κ2) is 5.83. The highest BCUT2D eigenvalue weighted by molar-refractivity contribution is 5.39. The summed E-state index contributed by atoms with van der Waals surface area (Å²) in [5, 5.41) is 4.05. The molecule has 0 spiro atoms. The number of aryl methyl sites for hydroxylation is 2. The van der Waals surface area contributed by atoms with Gasteiger partial charge in [-0.25, -0.2) is 4.98 Å². The summed E-state index contributed by atoms with van der Waals surface area (Å²) >= 11 is 0. The SMILES string of the molecule is Cc1ccc2nc(CN3CCCC3c3noc(C)n3)cc(=O)n2c1. The highest BCUT2D eigenvalue weighted by Crippen LogP contribution is 2.31. The topological polar surface area (TPSA) is 76.5 Å². The number of aromatic nitrogens is 4. The van der Waals surface area contributed by atoms with E-state index in [1.54, 1.807) is 17.4 Å². The molecule has 0 saturated carbocycles. The first-order valence-corrected chi connectivity index (χ1v) is 8.13. The van der Waals surface area contributed by atoms with Crippen LogP contribution in [0, 0.1) is 13.8 Å². The zero-order chi connectivity index (χ0) is 16.7. The number of hydrogen-bond acceptors (Lipinski definition) is 6. The highest BCUT2D eigenvalue weighted by atomic mass is 16.5. The molecule has 7 heteroatoms. The van der Waals surface area contributed by atoms with Crippen molar-refractivity contribution in [3.8, 4) is 0 Å². The van der Waals surface area contributed by atoms with E-state index in [9.17, 15) is 4.79 Å². The van der Waals surface area contributed by atoms with Gasteiger partial charge in [-0.15, -0.1) is 0 Å². The minimum atomic E-state index is -0.0511. The Morgan fingerprint density at radius 3 is 2.96 bits per heavy atom. The van der Waals surface area contributed by atoms with Crippen LogP contribution in [0.25, 0.3) is 5.65 Å². The maximum absolute atomic E-state index is 12.3. The van der Waals surface area contributed by atoms with Crippen molar-refractivity contribution in [3.05, 3.63) is 57.7 Å². The Balaban J connectivity index is 1.64. The Labute approximate surface area is 138 Å². The smallest absolute Gasteiger partial charge is 0.258 e. The van der Waals surface area contributed by atoms with Crippen molar-refractivity contribution < 1.29 is 4.52 Å². The van der Waals surface area contributed by atoms with E-state index in [4.69, 9.17) is 4.52 Å². The van der Waals surface area contributed by atoms with E-state index in [0.29, 0.717) is 18.1 Å². The van der Waals surface area contributed by atoms with Gasteiger partial charge in [-0.05, 0) is 37.9 Å². The van der Waals surface area contributed by atoms with Crippen molar-refractivity contribution in [2.24, 2.45) is 0 Å². The number of pyridine rings is 1. The van der Waals surface area contributed by atoms with E-state index in [-0.39, 0.29) is 11.6 Å². The third-order valence-corrected chi connectivity index (χ3v) is 4.43. The van der Waals surface area contributed by atoms with Gasteiger partial charge in [-0.2, -0.15) is 4.98 Å². The Kier molecular flexibility index (Phi) is 3.65. The lowest BCUT2D eigenvalue weighted by molar-refractivity contribution is 0.231. The van der Waals surface area contributed by atoms with Crippen LogP contribution in [-0.2, 0) is 6.54 Å². The van der Waals surface area contributed by atoms with Gasteiger partial charge < -0.3 is 4.52 Å². The van der Waals surface area contributed by atoms with Crippen molar-refractivity contribution >= 4 is 5.65 Å². The van der Waals surface area contributed by atoms with Gasteiger partial charge in [0.15, 0.2) is 5.82 Å². The number of likely N-dealkylation sites (tertiary alicyclic amines) is 1. The molecule has 124 valence electrons. The maximum Gasteiger partial charge on any atom is 0.258 e. The van der Waals surface area contributed by atoms with Crippen LogP contribution in [0.5, 0.6) is 0 Å². The minimum Gasteiger partial charge on any atom is -0.340 e. The molecule has 1 unspecified atom stereocenters. The fourth-order valence-electron chi connectivity index (χ4n) is 3.31. The molecule has 0 aliphatic carbocycles. The summed E-state index contributed by atoms with van der Waals surface area (Å²) < 4.78 is 6.69. The zero-order valence-electron chi connectivity index (χ0n) is 13.8. The Hall–Kier alpha value is -2.54. The summed E-state index contributed by atoms with van der Waals surface area (Å²) in [6.45, 7) is 5.30. The van der Waals surface area contributed by atoms with Crippen molar-refractivity contribution in [2.45, 2.75) is 39.3 Å². The maximum atomic E-state index is 12.3. The second-order valence-corrected chi connectivity index (χ2v) is 6.32. The summed E-state index contributed by atoms with van der Waals surface area (Å²) in [4.78, 5) is 23.6. The van der Waals surface area contributed by atoms with Gasteiger partial charge in [0.2, 0.25) is 5.89 Å². The molecule has 0 radical (unpaired) electrons. The molecule has 0 amide bonds. The van der Waals surface area contributed by atoms with E-state index in [1.807, 2.05) is 25.3 Å². The van der Waals surface area contributed by atoms with Gasteiger partial charge >= 0.3 is 0 Å². The molecular formula is C17H19N5O2. The molecule has 1 aliphatic heterocycles. The first-order valence-electron chi connectivity index (χ1n) is 8.13. The molecule has 1 fully saturated rings. The van der Waals surface area contributed by atoms with Crippen LogP contribution in [0.4, 0.5) is 0 Å². The molecular weight excluding hydrogens is 306 g/mol. The number of hydrogen-bond donors (Lipinski definition) is 0. The van der Waals surface area contributed by atoms with Crippen molar-refractivity contribution in [3.63, 3.8) is 0 Å². The molecule has 0 N–H and O–H groups in total. The standard InChI is InChI=1S/C17H19N5O2/c1-11-5-6-15-19-13(8-16(23)22(15)9-11)10-21-7-3-4-14(21)17-18-12(2)24-20-17/h5-6,8-9,14H,3-4,7,10H2,1-2H3. The van der Waals surface area contributed by atoms with Crippen LogP contribution >= 0.6 is 0 Å². The molecule has 3 aromatic heterocycles. The van der Waals surface area contributed by atoms with Crippen LogP contribution in [-0.4, -0.2) is 31.0 Å². The molecule has 7 nitrogen and oxygen atoms in total. The Bertz CT molecular complexity index is 946. The summed E-state index contributed by atoms with van der Waals surface area (Å²) in [6.07, 6.45) is 3.88. The third kappa shape index (κ3) is 2.71. The number of rotatable bonds is 3. The first-order chi connectivity index (χ1) is 11.6. The normalized spacial score (nSPS) is 18.5. The average Bonchev–Trinajstić information content (AvgIpc) is 3.17. The monoisotopic (exact) mass is 325 g/mol. The van der Waals surface area contributed by atoms with Crippen LogP contribution in [0.3, 0.4) is 0 Å². The Morgan fingerprint density at radius 1 is 1.29 bits per heavy atom. The van der Waals surface area contributed by atoms with Gasteiger partial charge in [-0.3, -0.25) is 14.1 Å². The molecule has 0 aromatic carbocycles. The summed E-state index contributed by atoms with van der Waals surface area (Å²) in [5.74, 6) is 1.30. The molecule has 24 heavy (non-hydrogen) atoms. The van der Waals surface area contributed by atoms with Gasteiger partial charge in [-0.1, -0.05) is 11.2 Å². The summed E-state index contributed by atoms with van der Waals surface area (Å²) in [5.41, 5.74) is 2.43. The predicted octanol–water partition coefficient (Wildman–Crippen LogP) is 2.03. The van der Waals surface area contributed by atoms with E-state index in [1.165, 1.54) is 0 Å². The van der Waals surface area contributed by atoms with Crippen molar-refractivity contribution in [2.75, 3.05) is 6.54 Å². The number of nitrogens with zero attached hydrogens (tertiary/aromatic N) is 5. The lowest BCUT2D eigenvalue weighted by Crippen LogP contribution is -2.26. The van der Waals surface area contributed by atoms with Crippen LogP contribution in [0.1, 0.15) is 41.9 Å². The van der Waals surface area contributed by atoms with Gasteiger partial charge in [0.05, 0.1) is 11.7 Å². The van der Waals surface area contributed by atoms with Crippen molar-refractivity contribution in [1.82, 2.24) is 24.4 Å². The lowest BCUT2D eigenvalue weighted by atomic mass is 10.2. The zero-order valence-corrected chi connectivity index (χ0v) is 13.8. The molecule has 1 aliphatic rings. The molecule has 1 saturated heterocycles. The van der Waals surface area contributed by atoms with Gasteiger partial charge in [0.1, 0.15) is 5.65 Å². The van der Waals surface area contributed by atoms with E-state index < -0.39 is 0 Å². The third-order valence-electron chi connectivity index (χ3n) is 4.43. The van der Waals surface area contributed by atoms with E-state index >= 15 is 0 Å². The predicted molar refractivity (Wildman–Crippen MR) is 87.6 cm³/mol. The first kappa shape index (κ1) is 15.0. The molecule has 4 rings (SSSR count). The lowest BCUT2D eigenvalue weighted by Gasteiger charge is -2.21. The van der Waals surface area contributed by atoms with Crippen molar-refractivity contribution in [1.29, 1.82) is 0 Å². The van der Waals surface area contributed by atoms with Crippen LogP contribution in [0.15, 0.2) is 33.7 Å². The fourth-order valence-corrected chi connectivity index (χ4v) is 3.31. The summed E-state index contributed by atoms with van der Waals surface area (Å²) in [6, 6.07) is 5.58. The minimum absolute atomic E-state index is 0.0511. The van der Waals surface area contributed by atoms with E-state index in [2.05, 4.69) is 20.0 Å². The Morgan fingerprint density at radius 2 is 2.17 bits per heavy atom. The van der Waals surface area contributed by atoms with Gasteiger partial charge in [0.25, 0.3) is 5.56 Å². The second-order valence-electron chi connectivity index (χ2n) is 6.32.